The molecule has 0 spiro atoms. The van der Waals surface area contributed by atoms with Gasteiger partial charge in [0, 0.05) is 38.5 Å². The highest BCUT2D eigenvalue weighted by molar-refractivity contribution is 5.76. The number of ether oxygens (including phenoxy) is 1. The molecule has 1 aliphatic rings. The van der Waals surface area contributed by atoms with E-state index in [1.165, 1.54) is 11.3 Å². The number of benzene rings is 1. The van der Waals surface area contributed by atoms with Crippen LogP contribution in [0, 0.1) is 0 Å². The van der Waals surface area contributed by atoms with E-state index in [2.05, 4.69) is 41.4 Å². The van der Waals surface area contributed by atoms with E-state index in [1.807, 2.05) is 0 Å². The summed E-state index contributed by atoms with van der Waals surface area (Å²) in [6.07, 6.45) is 1.19. The van der Waals surface area contributed by atoms with Gasteiger partial charge in [0.05, 0.1) is 12.5 Å². The zero-order valence-electron chi connectivity index (χ0n) is 12.8. The molecule has 0 bridgehead atoms. The van der Waals surface area contributed by atoms with Crippen molar-refractivity contribution in [3.8, 4) is 0 Å². The molecule has 0 saturated heterocycles. The van der Waals surface area contributed by atoms with Crippen molar-refractivity contribution in [3.05, 3.63) is 29.8 Å². The summed E-state index contributed by atoms with van der Waals surface area (Å²) in [5.41, 5.74) is 8.20. The van der Waals surface area contributed by atoms with E-state index in [0.29, 0.717) is 19.5 Å². The van der Waals surface area contributed by atoms with E-state index < -0.39 is 0 Å². The summed E-state index contributed by atoms with van der Waals surface area (Å²) in [6.45, 7) is 4.14. The van der Waals surface area contributed by atoms with E-state index in [9.17, 15) is 4.79 Å². The number of para-hydroxylation sites is 1. The van der Waals surface area contributed by atoms with Crippen molar-refractivity contribution >= 4 is 11.6 Å². The number of amides is 1. The summed E-state index contributed by atoms with van der Waals surface area (Å²) in [7, 11) is 1.58. The summed E-state index contributed by atoms with van der Waals surface area (Å²) in [5, 5.41) is 2.97. The van der Waals surface area contributed by atoms with Gasteiger partial charge in [0.25, 0.3) is 0 Å². The fourth-order valence-electron chi connectivity index (χ4n) is 2.74. The van der Waals surface area contributed by atoms with Crippen molar-refractivity contribution in [2.75, 3.05) is 31.6 Å². The van der Waals surface area contributed by atoms with Crippen molar-refractivity contribution in [1.29, 1.82) is 0 Å². The lowest BCUT2D eigenvalue weighted by Crippen LogP contribution is -2.42. The predicted molar refractivity (Wildman–Crippen MR) is 84.4 cm³/mol. The molecule has 3 N–H and O–H groups in total. The summed E-state index contributed by atoms with van der Waals surface area (Å²) < 4.78 is 5.13. The Morgan fingerprint density at radius 2 is 2.24 bits per heavy atom. The van der Waals surface area contributed by atoms with Gasteiger partial charge in [-0.2, -0.15) is 0 Å². The molecular formula is C16H25N3O2. The first-order valence-corrected chi connectivity index (χ1v) is 7.49. The third-order valence-electron chi connectivity index (χ3n) is 4.06. The van der Waals surface area contributed by atoms with Gasteiger partial charge >= 0.3 is 0 Å². The second kappa shape index (κ2) is 7.43. The van der Waals surface area contributed by atoms with Crippen LogP contribution in [0.2, 0.25) is 0 Å². The summed E-state index contributed by atoms with van der Waals surface area (Å²) in [4.78, 5) is 14.2. The molecule has 21 heavy (non-hydrogen) atoms. The quantitative estimate of drug-likeness (QED) is 0.784. The first-order chi connectivity index (χ1) is 10.2. The van der Waals surface area contributed by atoms with Crippen molar-refractivity contribution in [3.63, 3.8) is 0 Å². The second-order valence-corrected chi connectivity index (χ2v) is 5.52. The molecule has 0 aromatic heterocycles. The highest BCUT2D eigenvalue weighted by Crippen LogP contribution is 2.28. The van der Waals surface area contributed by atoms with Gasteiger partial charge in [0.2, 0.25) is 5.91 Å². The molecular weight excluding hydrogens is 266 g/mol. The van der Waals surface area contributed by atoms with Crippen molar-refractivity contribution in [2.24, 2.45) is 5.73 Å². The number of anilines is 1. The molecule has 0 radical (unpaired) electrons. The van der Waals surface area contributed by atoms with E-state index in [0.717, 1.165) is 13.0 Å². The standard InChI is InChI=1S/C16H25N3O2/c1-12(11-18-16(20)9-14(10-17)21-2)19-8-7-13-5-3-4-6-15(13)19/h3-6,12,14H,7-11,17H2,1-2H3,(H,18,20). The fourth-order valence-corrected chi connectivity index (χ4v) is 2.74. The Hall–Kier alpha value is -1.59. The van der Waals surface area contributed by atoms with Gasteiger partial charge in [-0.25, -0.2) is 0 Å². The molecule has 0 fully saturated rings. The Balaban J connectivity index is 1.83. The monoisotopic (exact) mass is 291 g/mol. The largest absolute Gasteiger partial charge is 0.380 e. The van der Waals surface area contributed by atoms with Crippen molar-refractivity contribution in [1.82, 2.24) is 5.32 Å². The molecule has 2 rings (SSSR count). The minimum atomic E-state index is -0.201. The predicted octanol–water partition coefficient (Wildman–Crippen LogP) is 0.918. The highest BCUT2D eigenvalue weighted by Gasteiger charge is 2.23. The van der Waals surface area contributed by atoms with Crippen LogP contribution in [0.5, 0.6) is 0 Å². The van der Waals surface area contributed by atoms with Gasteiger partial charge in [0.1, 0.15) is 0 Å². The molecule has 1 aromatic rings. The maximum atomic E-state index is 11.9. The van der Waals surface area contributed by atoms with Gasteiger partial charge < -0.3 is 20.7 Å². The number of methoxy groups -OCH3 is 1. The van der Waals surface area contributed by atoms with Crippen LogP contribution in [0.1, 0.15) is 18.9 Å². The van der Waals surface area contributed by atoms with Crippen LogP contribution in [0.25, 0.3) is 0 Å². The Morgan fingerprint density at radius 3 is 2.95 bits per heavy atom. The first kappa shape index (κ1) is 15.8. The maximum Gasteiger partial charge on any atom is 0.222 e. The molecule has 2 atom stereocenters. The third-order valence-corrected chi connectivity index (χ3v) is 4.06. The van der Waals surface area contributed by atoms with Crippen LogP contribution in [-0.4, -0.2) is 44.8 Å². The number of hydrogen-bond donors (Lipinski definition) is 2. The molecule has 2 unspecified atom stereocenters. The number of hydrogen-bond acceptors (Lipinski definition) is 4. The average molecular weight is 291 g/mol. The number of carbonyl (C=O) groups excluding carboxylic acids is 1. The third kappa shape index (κ3) is 3.95. The van der Waals surface area contributed by atoms with Crippen LogP contribution < -0.4 is 16.0 Å². The molecule has 0 saturated carbocycles. The number of nitrogens with two attached hydrogens (primary N) is 1. The van der Waals surface area contributed by atoms with E-state index >= 15 is 0 Å². The van der Waals surface area contributed by atoms with Gasteiger partial charge in [-0.05, 0) is 25.0 Å². The van der Waals surface area contributed by atoms with Gasteiger partial charge in [0.15, 0.2) is 0 Å². The average Bonchev–Trinajstić information content (AvgIpc) is 2.94. The zero-order chi connectivity index (χ0) is 15.2. The maximum absolute atomic E-state index is 11.9. The zero-order valence-corrected chi connectivity index (χ0v) is 12.8. The normalized spacial score (nSPS) is 16.4. The Kier molecular flexibility index (Phi) is 5.59. The fraction of sp³-hybridized carbons (Fsp3) is 0.562. The van der Waals surface area contributed by atoms with Crippen LogP contribution in [0.3, 0.4) is 0 Å². The van der Waals surface area contributed by atoms with Crippen LogP contribution in [0.15, 0.2) is 24.3 Å². The lowest BCUT2D eigenvalue weighted by Gasteiger charge is -2.27. The minimum absolute atomic E-state index is 0.00775. The lowest BCUT2D eigenvalue weighted by atomic mass is 10.1. The van der Waals surface area contributed by atoms with Gasteiger partial charge in [-0.1, -0.05) is 18.2 Å². The number of nitrogens with zero attached hydrogens (tertiary/aromatic N) is 1. The molecule has 0 aliphatic carbocycles. The van der Waals surface area contributed by atoms with Crippen LogP contribution in [-0.2, 0) is 16.0 Å². The first-order valence-electron chi connectivity index (χ1n) is 7.49. The van der Waals surface area contributed by atoms with E-state index in [1.54, 1.807) is 7.11 Å². The van der Waals surface area contributed by atoms with Crippen LogP contribution in [0.4, 0.5) is 5.69 Å². The van der Waals surface area contributed by atoms with Crippen molar-refractivity contribution < 1.29 is 9.53 Å². The molecule has 5 nitrogen and oxygen atoms in total. The lowest BCUT2D eigenvalue weighted by molar-refractivity contribution is -0.123. The van der Waals surface area contributed by atoms with Crippen molar-refractivity contribution in [2.45, 2.75) is 31.9 Å². The Bertz CT molecular complexity index is 474. The van der Waals surface area contributed by atoms with Gasteiger partial charge in [-0.15, -0.1) is 0 Å². The minimum Gasteiger partial charge on any atom is -0.380 e. The highest BCUT2D eigenvalue weighted by atomic mass is 16.5. The molecule has 116 valence electrons. The summed E-state index contributed by atoms with van der Waals surface area (Å²) in [6, 6.07) is 8.73. The van der Waals surface area contributed by atoms with Gasteiger partial charge in [-0.3, -0.25) is 4.79 Å². The molecule has 1 aliphatic heterocycles. The Morgan fingerprint density at radius 1 is 1.48 bits per heavy atom. The summed E-state index contributed by atoms with van der Waals surface area (Å²) in [5.74, 6) is -0.00775. The SMILES string of the molecule is COC(CN)CC(=O)NCC(C)N1CCc2ccccc21. The smallest absolute Gasteiger partial charge is 0.222 e. The second-order valence-electron chi connectivity index (χ2n) is 5.52. The van der Waals surface area contributed by atoms with Crippen LogP contribution >= 0.6 is 0 Å². The summed E-state index contributed by atoms with van der Waals surface area (Å²) >= 11 is 0. The van der Waals surface area contributed by atoms with E-state index in [4.69, 9.17) is 10.5 Å². The number of carbonyl (C=O) groups is 1. The number of fused-ring (bicyclic) bond motifs is 1. The Labute approximate surface area is 126 Å². The topological polar surface area (TPSA) is 67.6 Å². The molecule has 5 heteroatoms. The number of rotatable bonds is 7. The van der Waals surface area contributed by atoms with E-state index in [-0.39, 0.29) is 18.1 Å². The molecule has 1 amide bonds. The molecule has 1 heterocycles. The molecule has 1 aromatic carbocycles. The number of nitrogens with one attached hydrogen (secondary N) is 1.